The van der Waals surface area contributed by atoms with Gasteiger partial charge in [-0.25, -0.2) is 0 Å². The minimum absolute atomic E-state index is 1.13. The SMILES string of the molecule is CCCCC1=C(C2=Cc3ccccc3C2)CC=C1. The van der Waals surface area contributed by atoms with Crippen molar-refractivity contribution in [1.29, 1.82) is 0 Å². The van der Waals surface area contributed by atoms with Gasteiger partial charge in [-0.05, 0) is 53.5 Å². The van der Waals surface area contributed by atoms with Crippen LogP contribution in [-0.2, 0) is 6.42 Å². The predicted molar refractivity (Wildman–Crippen MR) is 78.4 cm³/mol. The van der Waals surface area contributed by atoms with Gasteiger partial charge >= 0.3 is 0 Å². The molecule has 0 aliphatic heterocycles. The zero-order chi connectivity index (χ0) is 12.4. The van der Waals surface area contributed by atoms with E-state index in [2.05, 4.69) is 49.4 Å². The van der Waals surface area contributed by atoms with E-state index >= 15 is 0 Å². The molecule has 0 unspecified atom stereocenters. The summed E-state index contributed by atoms with van der Waals surface area (Å²) in [5.74, 6) is 0. The zero-order valence-corrected chi connectivity index (χ0v) is 11.1. The number of hydrogen-bond acceptors (Lipinski definition) is 0. The van der Waals surface area contributed by atoms with Crippen LogP contribution >= 0.6 is 0 Å². The molecule has 0 heterocycles. The Kier molecular flexibility index (Phi) is 3.19. The van der Waals surface area contributed by atoms with Crippen LogP contribution in [0.3, 0.4) is 0 Å². The van der Waals surface area contributed by atoms with Crippen molar-refractivity contribution < 1.29 is 0 Å². The fraction of sp³-hybridized carbons (Fsp3) is 0.333. The zero-order valence-electron chi connectivity index (χ0n) is 11.1. The smallest absolute Gasteiger partial charge is 0.00167 e. The van der Waals surface area contributed by atoms with E-state index in [0.717, 1.165) is 12.8 Å². The van der Waals surface area contributed by atoms with Crippen molar-refractivity contribution in [3.8, 4) is 0 Å². The van der Waals surface area contributed by atoms with Crippen LogP contribution in [0.2, 0.25) is 0 Å². The van der Waals surface area contributed by atoms with Gasteiger partial charge in [-0.15, -0.1) is 0 Å². The van der Waals surface area contributed by atoms with E-state index in [4.69, 9.17) is 0 Å². The average molecular weight is 236 g/mol. The van der Waals surface area contributed by atoms with E-state index in [1.54, 1.807) is 16.7 Å². The van der Waals surface area contributed by atoms with Crippen LogP contribution in [0.1, 0.15) is 43.7 Å². The lowest BCUT2D eigenvalue weighted by atomic mass is 9.97. The molecule has 0 radical (unpaired) electrons. The molecular formula is C18H20. The van der Waals surface area contributed by atoms with Gasteiger partial charge in [-0.2, -0.15) is 0 Å². The van der Waals surface area contributed by atoms with Crippen molar-refractivity contribution in [2.24, 2.45) is 0 Å². The summed E-state index contributed by atoms with van der Waals surface area (Å²) in [4.78, 5) is 0. The third-order valence-corrected chi connectivity index (χ3v) is 3.98. The third kappa shape index (κ3) is 2.08. The highest BCUT2D eigenvalue weighted by atomic mass is 14.2. The van der Waals surface area contributed by atoms with Crippen LogP contribution in [0.4, 0.5) is 0 Å². The number of allylic oxidation sites excluding steroid dienone is 5. The van der Waals surface area contributed by atoms with E-state index in [1.807, 2.05) is 0 Å². The van der Waals surface area contributed by atoms with Crippen molar-refractivity contribution >= 4 is 6.08 Å². The lowest BCUT2D eigenvalue weighted by molar-refractivity contribution is 0.794. The first kappa shape index (κ1) is 11.5. The van der Waals surface area contributed by atoms with Gasteiger partial charge < -0.3 is 0 Å². The van der Waals surface area contributed by atoms with E-state index in [0.29, 0.717) is 0 Å². The topological polar surface area (TPSA) is 0 Å². The number of rotatable bonds is 4. The minimum Gasteiger partial charge on any atom is -0.0798 e. The summed E-state index contributed by atoms with van der Waals surface area (Å²) in [6, 6.07) is 8.77. The van der Waals surface area contributed by atoms with Crippen LogP contribution in [0.5, 0.6) is 0 Å². The molecule has 0 heteroatoms. The molecule has 0 atom stereocenters. The molecule has 0 amide bonds. The fourth-order valence-electron chi connectivity index (χ4n) is 2.96. The standard InChI is InChI=1S/C18H20/c1-2-3-7-14-10-6-11-18(14)17-12-15-8-4-5-9-16(15)13-17/h4-6,8-10,12H,2-3,7,11,13H2,1H3. The average Bonchev–Trinajstić information content (AvgIpc) is 3.01. The van der Waals surface area contributed by atoms with Crippen LogP contribution in [0, 0.1) is 0 Å². The molecule has 0 N–H and O–H groups in total. The van der Waals surface area contributed by atoms with Crippen molar-refractivity contribution in [3.05, 3.63) is 64.3 Å². The molecule has 0 bridgehead atoms. The lowest BCUT2D eigenvalue weighted by Gasteiger charge is -2.08. The molecular weight excluding hydrogens is 216 g/mol. The maximum atomic E-state index is 2.39. The Hall–Kier alpha value is -1.56. The second-order valence-electron chi connectivity index (χ2n) is 5.26. The Bertz CT molecular complexity index is 541. The summed E-state index contributed by atoms with van der Waals surface area (Å²) in [7, 11) is 0. The van der Waals surface area contributed by atoms with E-state index in [9.17, 15) is 0 Å². The molecule has 0 nitrogen and oxygen atoms in total. The molecule has 2 aliphatic rings. The second-order valence-corrected chi connectivity index (χ2v) is 5.26. The van der Waals surface area contributed by atoms with Gasteiger partial charge in [-0.3, -0.25) is 0 Å². The van der Waals surface area contributed by atoms with Crippen LogP contribution in [0.25, 0.3) is 6.08 Å². The van der Waals surface area contributed by atoms with Gasteiger partial charge in [0.2, 0.25) is 0 Å². The molecule has 92 valence electrons. The van der Waals surface area contributed by atoms with Crippen LogP contribution in [0.15, 0.2) is 53.1 Å². The largest absolute Gasteiger partial charge is 0.0798 e. The van der Waals surface area contributed by atoms with E-state index in [-0.39, 0.29) is 0 Å². The number of hydrogen-bond donors (Lipinski definition) is 0. The summed E-state index contributed by atoms with van der Waals surface area (Å²) in [5, 5.41) is 0. The van der Waals surface area contributed by atoms with Crippen molar-refractivity contribution in [2.45, 2.75) is 39.0 Å². The van der Waals surface area contributed by atoms with Crippen molar-refractivity contribution in [1.82, 2.24) is 0 Å². The molecule has 18 heavy (non-hydrogen) atoms. The number of unbranched alkanes of at least 4 members (excludes halogenated alkanes) is 1. The highest BCUT2D eigenvalue weighted by Crippen LogP contribution is 2.36. The van der Waals surface area contributed by atoms with E-state index in [1.165, 1.54) is 30.4 Å². The second kappa shape index (κ2) is 4.97. The summed E-state index contributed by atoms with van der Waals surface area (Å²) in [6.45, 7) is 2.27. The van der Waals surface area contributed by atoms with Gasteiger partial charge in [0.05, 0.1) is 0 Å². The molecule has 0 saturated carbocycles. The Morgan fingerprint density at radius 3 is 2.89 bits per heavy atom. The number of benzene rings is 1. The monoisotopic (exact) mass is 236 g/mol. The lowest BCUT2D eigenvalue weighted by Crippen LogP contribution is -1.91. The molecule has 1 aromatic carbocycles. The van der Waals surface area contributed by atoms with Crippen LogP contribution in [-0.4, -0.2) is 0 Å². The van der Waals surface area contributed by atoms with Gasteiger partial charge in [0.25, 0.3) is 0 Å². The summed E-state index contributed by atoms with van der Waals surface area (Å²) >= 11 is 0. The molecule has 1 aromatic rings. The Morgan fingerprint density at radius 2 is 2.06 bits per heavy atom. The van der Waals surface area contributed by atoms with Crippen molar-refractivity contribution in [2.75, 3.05) is 0 Å². The first-order valence-electron chi connectivity index (χ1n) is 7.06. The van der Waals surface area contributed by atoms with Crippen molar-refractivity contribution in [3.63, 3.8) is 0 Å². The van der Waals surface area contributed by atoms with Gasteiger partial charge in [0.15, 0.2) is 0 Å². The minimum atomic E-state index is 1.13. The molecule has 2 aliphatic carbocycles. The summed E-state index contributed by atoms with van der Waals surface area (Å²) in [5.41, 5.74) is 7.63. The maximum absolute atomic E-state index is 2.39. The Balaban J connectivity index is 1.85. The van der Waals surface area contributed by atoms with Gasteiger partial charge in [0, 0.05) is 0 Å². The van der Waals surface area contributed by atoms with Crippen LogP contribution < -0.4 is 0 Å². The predicted octanol–water partition coefficient (Wildman–Crippen LogP) is 5.07. The first-order chi connectivity index (χ1) is 8.88. The molecule has 0 spiro atoms. The molecule has 0 saturated heterocycles. The Morgan fingerprint density at radius 1 is 1.17 bits per heavy atom. The molecule has 0 fully saturated rings. The fourth-order valence-corrected chi connectivity index (χ4v) is 2.96. The maximum Gasteiger partial charge on any atom is -0.00167 e. The highest BCUT2D eigenvalue weighted by Gasteiger charge is 2.18. The normalized spacial score (nSPS) is 17.3. The first-order valence-corrected chi connectivity index (χ1v) is 7.06. The molecule has 0 aromatic heterocycles. The van der Waals surface area contributed by atoms with E-state index < -0.39 is 0 Å². The van der Waals surface area contributed by atoms with Gasteiger partial charge in [0.1, 0.15) is 0 Å². The summed E-state index contributed by atoms with van der Waals surface area (Å²) < 4.78 is 0. The Labute approximate surface area is 110 Å². The highest BCUT2D eigenvalue weighted by molar-refractivity contribution is 5.70. The third-order valence-electron chi connectivity index (χ3n) is 3.98. The van der Waals surface area contributed by atoms with Gasteiger partial charge in [-0.1, -0.05) is 55.8 Å². The molecule has 3 rings (SSSR count). The number of fused-ring (bicyclic) bond motifs is 1. The quantitative estimate of drug-likeness (QED) is 0.684. The summed E-state index contributed by atoms with van der Waals surface area (Å²) in [6.07, 6.45) is 13.2.